The zero-order chi connectivity index (χ0) is 20.9. The number of carbonyl (C=O) groups is 2. The number of fused-ring (bicyclic) bond motifs is 2. The number of ether oxygens (including phenoxy) is 1. The van der Waals surface area contributed by atoms with Crippen LogP contribution in [0, 0.1) is 17.3 Å². The molecule has 30 heavy (non-hydrogen) atoms. The van der Waals surface area contributed by atoms with Gasteiger partial charge in [0.05, 0.1) is 24.7 Å². The molecule has 3 heterocycles. The Hall–Kier alpha value is -2.22. The molecule has 1 N–H and O–H groups in total. The number of hydrogen-bond donors (Lipinski definition) is 1. The van der Waals surface area contributed by atoms with E-state index in [4.69, 9.17) is 9.57 Å². The Labute approximate surface area is 176 Å². The average molecular weight is 412 g/mol. The molecule has 0 spiro atoms. The van der Waals surface area contributed by atoms with E-state index in [1.165, 1.54) is 0 Å². The molecule has 7 heteroatoms. The number of hydroxylamine groups is 2. The van der Waals surface area contributed by atoms with Gasteiger partial charge in [-0.3, -0.25) is 19.3 Å². The van der Waals surface area contributed by atoms with Crippen molar-refractivity contribution in [2.75, 3.05) is 45.2 Å². The molecular formula is C23H29N3O4. The van der Waals surface area contributed by atoms with Gasteiger partial charge < -0.3 is 10.1 Å². The Morgan fingerprint density at radius 3 is 2.83 bits per heavy atom. The molecule has 1 aromatic carbocycles. The zero-order valence-corrected chi connectivity index (χ0v) is 17.4. The molecule has 0 aromatic heterocycles. The minimum atomic E-state index is -0.453. The van der Waals surface area contributed by atoms with Crippen molar-refractivity contribution >= 4 is 17.6 Å². The number of allylic oxidation sites excluding steroid dienone is 1. The van der Waals surface area contributed by atoms with Crippen molar-refractivity contribution in [3.05, 3.63) is 42.0 Å². The lowest BCUT2D eigenvalue weighted by molar-refractivity contribution is -0.146. The first kappa shape index (κ1) is 19.7. The highest BCUT2D eigenvalue weighted by molar-refractivity contribution is 5.92. The molecule has 4 atom stereocenters. The molecule has 1 aliphatic carbocycles. The van der Waals surface area contributed by atoms with Crippen LogP contribution in [-0.2, 0) is 25.6 Å². The van der Waals surface area contributed by atoms with E-state index in [0.29, 0.717) is 31.9 Å². The molecular weight excluding hydrogens is 382 g/mol. The SMILES string of the molecule is C=C1CC2COC(=O)C2(Cc2ccc(NC(=O)CN3CC4CN(C)OC4C3)cc2)C1. The summed E-state index contributed by atoms with van der Waals surface area (Å²) in [7, 11) is 1.96. The van der Waals surface area contributed by atoms with Crippen LogP contribution in [0.1, 0.15) is 18.4 Å². The number of esters is 1. The molecule has 0 bridgehead atoms. The maximum Gasteiger partial charge on any atom is 0.313 e. The van der Waals surface area contributed by atoms with Gasteiger partial charge in [0.1, 0.15) is 0 Å². The highest BCUT2D eigenvalue weighted by Crippen LogP contribution is 2.52. The van der Waals surface area contributed by atoms with E-state index in [-0.39, 0.29) is 23.9 Å². The Balaban J connectivity index is 1.16. The number of amides is 1. The van der Waals surface area contributed by atoms with E-state index in [2.05, 4.69) is 16.8 Å². The van der Waals surface area contributed by atoms with Crippen molar-refractivity contribution in [3.8, 4) is 0 Å². The summed E-state index contributed by atoms with van der Waals surface area (Å²) in [5.41, 5.74) is 2.55. The van der Waals surface area contributed by atoms with Crippen molar-refractivity contribution in [1.82, 2.24) is 9.96 Å². The number of nitrogens with one attached hydrogen (secondary N) is 1. The lowest BCUT2D eigenvalue weighted by atomic mass is 9.75. The summed E-state index contributed by atoms with van der Waals surface area (Å²) in [6.45, 7) is 7.60. The standard InChI is InChI=1S/C23H29N3O4/c1-15-7-18-14-29-22(28)23(18,8-15)9-16-3-5-19(6-4-16)24-21(27)13-26-11-17-10-25(2)30-20(17)12-26/h3-6,17-18,20H,1,7-14H2,2H3,(H,24,27). The van der Waals surface area contributed by atoms with Crippen molar-refractivity contribution in [2.45, 2.75) is 25.4 Å². The first-order valence-corrected chi connectivity index (χ1v) is 10.7. The number of benzene rings is 1. The van der Waals surface area contributed by atoms with Gasteiger partial charge in [-0.05, 0) is 37.0 Å². The molecule has 5 rings (SSSR count). The predicted octanol–water partition coefficient (Wildman–Crippen LogP) is 1.85. The van der Waals surface area contributed by atoms with Gasteiger partial charge in [0.2, 0.25) is 5.91 Å². The number of hydrogen-bond acceptors (Lipinski definition) is 6. The second-order valence-electron chi connectivity index (χ2n) is 9.41. The Bertz CT molecular complexity index is 856. The van der Waals surface area contributed by atoms with Crippen LogP contribution in [0.2, 0.25) is 0 Å². The smallest absolute Gasteiger partial charge is 0.313 e. The molecule has 160 valence electrons. The summed E-state index contributed by atoms with van der Waals surface area (Å²) in [4.78, 5) is 32.8. The van der Waals surface area contributed by atoms with Gasteiger partial charge in [0.25, 0.3) is 0 Å². The molecule has 3 saturated heterocycles. The Kier molecular flexibility index (Phi) is 4.92. The summed E-state index contributed by atoms with van der Waals surface area (Å²) >= 11 is 0. The third-order valence-corrected chi connectivity index (χ3v) is 7.09. The molecule has 4 unspecified atom stereocenters. The minimum absolute atomic E-state index is 0.0128. The molecule has 4 aliphatic rings. The molecule has 3 aliphatic heterocycles. The molecule has 1 aromatic rings. The molecule has 1 saturated carbocycles. The van der Waals surface area contributed by atoms with Crippen LogP contribution in [-0.4, -0.2) is 67.8 Å². The van der Waals surface area contributed by atoms with Crippen LogP contribution < -0.4 is 5.32 Å². The van der Waals surface area contributed by atoms with E-state index in [9.17, 15) is 9.59 Å². The summed E-state index contributed by atoms with van der Waals surface area (Å²) in [6, 6.07) is 7.83. The first-order valence-electron chi connectivity index (χ1n) is 10.7. The van der Waals surface area contributed by atoms with E-state index < -0.39 is 5.41 Å². The number of anilines is 1. The number of likely N-dealkylation sites (tertiary alicyclic amines) is 1. The second-order valence-corrected chi connectivity index (χ2v) is 9.41. The fraction of sp³-hybridized carbons (Fsp3) is 0.565. The maximum atomic E-state index is 12.5. The van der Waals surface area contributed by atoms with Gasteiger partial charge in [0.15, 0.2) is 0 Å². The predicted molar refractivity (Wildman–Crippen MR) is 111 cm³/mol. The van der Waals surface area contributed by atoms with Crippen LogP contribution in [0.4, 0.5) is 5.69 Å². The average Bonchev–Trinajstić information content (AvgIpc) is 3.37. The Morgan fingerprint density at radius 2 is 2.07 bits per heavy atom. The minimum Gasteiger partial charge on any atom is -0.465 e. The van der Waals surface area contributed by atoms with E-state index in [0.717, 1.165) is 42.9 Å². The monoisotopic (exact) mass is 411 g/mol. The number of rotatable bonds is 5. The van der Waals surface area contributed by atoms with Crippen molar-refractivity contribution in [2.24, 2.45) is 17.3 Å². The third-order valence-electron chi connectivity index (χ3n) is 7.09. The van der Waals surface area contributed by atoms with Gasteiger partial charge in [-0.2, -0.15) is 5.06 Å². The maximum absolute atomic E-state index is 12.5. The zero-order valence-electron chi connectivity index (χ0n) is 17.4. The van der Waals surface area contributed by atoms with Gasteiger partial charge in [0, 0.05) is 44.2 Å². The number of cyclic esters (lactones) is 1. The van der Waals surface area contributed by atoms with Gasteiger partial charge in [-0.25, -0.2) is 0 Å². The van der Waals surface area contributed by atoms with Crippen molar-refractivity contribution < 1.29 is 19.2 Å². The lowest BCUT2D eigenvalue weighted by Gasteiger charge is -2.24. The normalized spacial score (nSPS) is 33.6. The van der Waals surface area contributed by atoms with E-state index >= 15 is 0 Å². The van der Waals surface area contributed by atoms with Crippen LogP contribution in [0.25, 0.3) is 0 Å². The fourth-order valence-corrected chi connectivity index (χ4v) is 5.69. The molecule has 7 nitrogen and oxygen atoms in total. The first-order chi connectivity index (χ1) is 14.4. The molecule has 0 radical (unpaired) electrons. The largest absolute Gasteiger partial charge is 0.465 e. The lowest BCUT2D eigenvalue weighted by Crippen LogP contribution is -2.34. The summed E-state index contributed by atoms with van der Waals surface area (Å²) in [6.07, 6.45) is 2.46. The van der Waals surface area contributed by atoms with Crippen LogP contribution >= 0.6 is 0 Å². The Morgan fingerprint density at radius 1 is 1.27 bits per heavy atom. The third kappa shape index (κ3) is 3.55. The highest BCUT2D eigenvalue weighted by Gasteiger charge is 2.55. The van der Waals surface area contributed by atoms with Crippen molar-refractivity contribution in [1.29, 1.82) is 0 Å². The number of nitrogens with zero attached hydrogens (tertiary/aromatic N) is 2. The second kappa shape index (κ2) is 7.48. The summed E-state index contributed by atoms with van der Waals surface area (Å²) in [5, 5.41) is 4.88. The fourth-order valence-electron chi connectivity index (χ4n) is 5.69. The van der Waals surface area contributed by atoms with Crippen LogP contribution in [0.15, 0.2) is 36.4 Å². The molecule has 4 fully saturated rings. The summed E-state index contributed by atoms with van der Waals surface area (Å²) < 4.78 is 5.36. The molecule has 1 amide bonds. The van der Waals surface area contributed by atoms with E-state index in [1.807, 2.05) is 36.4 Å². The van der Waals surface area contributed by atoms with Crippen LogP contribution in [0.3, 0.4) is 0 Å². The highest BCUT2D eigenvalue weighted by atomic mass is 16.7. The topological polar surface area (TPSA) is 71.1 Å². The van der Waals surface area contributed by atoms with E-state index in [1.54, 1.807) is 0 Å². The summed E-state index contributed by atoms with van der Waals surface area (Å²) in [5.74, 6) is 0.620. The van der Waals surface area contributed by atoms with Crippen molar-refractivity contribution in [3.63, 3.8) is 0 Å². The van der Waals surface area contributed by atoms with Crippen LogP contribution in [0.5, 0.6) is 0 Å². The quantitative estimate of drug-likeness (QED) is 0.589. The van der Waals surface area contributed by atoms with Gasteiger partial charge >= 0.3 is 5.97 Å². The van der Waals surface area contributed by atoms with Gasteiger partial charge in [-0.1, -0.05) is 24.3 Å². The van der Waals surface area contributed by atoms with Gasteiger partial charge in [-0.15, -0.1) is 0 Å². The number of carbonyl (C=O) groups excluding carboxylic acids is 2.